The number of hydrogen-bond acceptors (Lipinski definition) is 3. The number of nitrogens with zero attached hydrogens (tertiary/aromatic N) is 1. The third kappa shape index (κ3) is 3.46. The Morgan fingerprint density at radius 2 is 2.00 bits per heavy atom. The Labute approximate surface area is 102 Å². The van der Waals surface area contributed by atoms with Gasteiger partial charge in [-0.05, 0) is 43.7 Å². The number of carboxylic acids is 1. The molecule has 1 aromatic carbocycles. The van der Waals surface area contributed by atoms with Crippen LogP contribution in [0.2, 0.25) is 0 Å². The van der Waals surface area contributed by atoms with E-state index in [2.05, 4.69) is 0 Å². The molecule has 0 aliphatic rings. The summed E-state index contributed by atoms with van der Waals surface area (Å²) in [5.41, 5.74) is 3.39. The molecule has 0 heterocycles. The van der Waals surface area contributed by atoms with Crippen molar-refractivity contribution in [2.24, 2.45) is 0 Å². The second-order valence-corrected chi connectivity index (χ2v) is 4.24. The highest BCUT2D eigenvalue weighted by atomic mass is 16.5. The molecule has 1 aromatic rings. The van der Waals surface area contributed by atoms with E-state index in [9.17, 15) is 4.79 Å². The first-order chi connectivity index (χ1) is 7.95. The van der Waals surface area contributed by atoms with E-state index in [-0.39, 0.29) is 6.54 Å². The van der Waals surface area contributed by atoms with E-state index in [1.165, 1.54) is 0 Å². The lowest BCUT2D eigenvalue weighted by Gasteiger charge is -2.18. The minimum Gasteiger partial charge on any atom is -0.496 e. The number of hydrogen-bond donors (Lipinski definition) is 1. The third-order valence-corrected chi connectivity index (χ3v) is 2.92. The van der Waals surface area contributed by atoms with E-state index < -0.39 is 5.97 Å². The van der Waals surface area contributed by atoms with Crippen LogP contribution in [0, 0.1) is 13.8 Å². The molecule has 0 amide bonds. The summed E-state index contributed by atoms with van der Waals surface area (Å²) in [4.78, 5) is 12.4. The summed E-state index contributed by atoms with van der Waals surface area (Å²) in [6, 6.07) is 3.91. The van der Waals surface area contributed by atoms with Gasteiger partial charge in [-0.1, -0.05) is 6.07 Å². The van der Waals surface area contributed by atoms with Gasteiger partial charge in [0.2, 0.25) is 0 Å². The summed E-state index contributed by atoms with van der Waals surface area (Å²) < 4.78 is 5.24. The Hall–Kier alpha value is -1.55. The van der Waals surface area contributed by atoms with Gasteiger partial charge < -0.3 is 9.84 Å². The van der Waals surface area contributed by atoms with Crippen LogP contribution in [0.5, 0.6) is 5.75 Å². The van der Waals surface area contributed by atoms with Crippen molar-refractivity contribution < 1.29 is 14.6 Å². The van der Waals surface area contributed by atoms with Crippen LogP contribution in [0.4, 0.5) is 0 Å². The molecule has 0 atom stereocenters. The van der Waals surface area contributed by atoms with Gasteiger partial charge in [-0.2, -0.15) is 0 Å². The summed E-state index contributed by atoms with van der Waals surface area (Å²) in [6.07, 6.45) is 0. The fraction of sp³-hybridized carbons (Fsp3) is 0.462. The number of carbonyl (C=O) groups is 1. The van der Waals surface area contributed by atoms with Crippen LogP contribution in [-0.2, 0) is 11.3 Å². The predicted molar refractivity (Wildman–Crippen MR) is 66.4 cm³/mol. The molecular weight excluding hydrogens is 218 g/mol. The average molecular weight is 237 g/mol. The minimum absolute atomic E-state index is 0.0461. The fourth-order valence-electron chi connectivity index (χ4n) is 1.82. The molecule has 17 heavy (non-hydrogen) atoms. The Bertz CT molecular complexity index is 415. The molecule has 1 rings (SSSR count). The molecule has 0 unspecified atom stereocenters. The summed E-state index contributed by atoms with van der Waals surface area (Å²) in [5.74, 6) is 0.0579. The Balaban J connectivity index is 2.85. The molecule has 0 radical (unpaired) electrons. The first kappa shape index (κ1) is 13.5. The largest absolute Gasteiger partial charge is 0.496 e. The highest BCUT2D eigenvalue weighted by Crippen LogP contribution is 2.24. The first-order valence-electron chi connectivity index (χ1n) is 5.49. The minimum atomic E-state index is -0.810. The Kier molecular flexibility index (Phi) is 4.52. The summed E-state index contributed by atoms with van der Waals surface area (Å²) in [7, 11) is 3.45. The van der Waals surface area contributed by atoms with Crippen molar-refractivity contribution in [1.82, 2.24) is 4.90 Å². The SMILES string of the molecule is COc1ccc(CN(C)CC(=O)O)c(C)c1C. The van der Waals surface area contributed by atoms with Gasteiger partial charge in [-0.25, -0.2) is 0 Å². The lowest BCUT2D eigenvalue weighted by Crippen LogP contribution is -2.25. The molecule has 0 saturated carbocycles. The summed E-state index contributed by atoms with van der Waals surface area (Å²) in [5, 5.41) is 8.71. The molecule has 1 N–H and O–H groups in total. The van der Waals surface area contributed by atoms with Crippen molar-refractivity contribution in [3.05, 3.63) is 28.8 Å². The van der Waals surface area contributed by atoms with Crippen molar-refractivity contribution in [3.8, 4) is 5.75 Å². The lowest BCUT2D eigenvalue weighted by atomic mass is 10.0. The second-order valence-electron chi connectivity index (χ2n) is 4.24. The third-order valence-electron chi connectivity index (χ3n) is 2.92. The van der Waals surface area contributed by atoms with Crippen molar-refractivity contribution in [1.29, 1.82) is 0 Å². The maximum Gasteiger partial charge on any atom is 0.317 e. The highest BCUT2D eigenvalue weighted by molar-refractivity contribution is 5.69. The van der Waals surface area contributed by atoms with E-state index in [0.29, 0.717) is 6.54 Å². The van der Waals surface area contributed by atoms with Gasteiger partial charge in [0.15, 0.2) is 0 Å². The van der Waals surface area contributed by atoms with Gasteiger partial charge in [0.1, 0.15) is 5.75 Å². The molecule has 0 aromatic heterocycles. The number of methoxy groups -OCH3 is 1. The lowest BCUT2D eigenvalue weighted by molar-refractivity contribution is -0.138. The summed E-state index contributed by atoms with van der Waals surface area (Å²) >= 11 is 0. The molecule has 0 aliphatic carbocycles. The number of carboxylic acid groups (broad SMARTS) is 1. The number of ether oxygens (including phenoxy) is 1. The standard InChI is InChI=1S/C13H19NO3/c1-9-10(2)12(17-4)6-5-11(9)7-14(3)8-13(15)16/h5-6H,7-8H2,1-4H3,(H,15,16). The molecular formula is C13H19NO3. The number of benzene rings is 1. The van der Waals surface area contributed by atoms with Gasteiger partial charge >= 0.3 is 5.97 Å². The van der Waals surface area contributed by atoms with E-state index in [1.54, 1.807) is 19.1 Å². The summed E-state index contributed by atoms with van der Waals surface area (Å²) in [6.45, 7) is 4.71. The average Bonchev–Trinajstić information content (AvgIpc) is 2.24. The van der Waals surface area contributed by atoms with Gasteiger partial charge in [0, 0.05) is 6.54 Å². The van der Waals surface area contributed by atoms with Crippen molar-refractivity contribution in [3.63, 3.8) is 0 Å². The van der Waals surface area contributed by atoms with E-state index >= 15 is 0 Å². The molecule has 0 bridgehead atoms. The smallest absolute Gasteiger partial charge is 0.317 e. The molecule has 0 aliphatic heterocycles. The molecule has 0 spiro atoms. The van der Waals surface area contributed by atoms with Gasteiger partial charge in [0.25, 0.3) is 0 Å². The van der Waals surface area contributed by atoms with E-state index in [4.69, 9.17) is 9.84 Å². The van der Waals surface area contributed by atoms with E-state index in [0.717, 1.165) is 22.4 Å². The van der Waals surface area contributed by atoms with Gasteiger partial charge in [0.05, 0.1) is 13.7 Å². The quantitative estimate of drug-likeness (QED) is 0.848. The molecule has 4 heteroatoms. The van der Waals surface area contributed by atoms with E-state index in [1.807, 2.05) is 26.0 Å². The Morgan fingerprint density at radius 1 is 1.35 bits per heavy atom. The van der Waals surface area contributed by atoms with Crippen LogP contribution >= 0.6 is 0 Å². The maximum absolute atomic E-state index is 10.6. The van der Waals surface area contributed by atoms with Crippen molar-refractivity contribution in [2.75, 3.05) is 20.7 Å². The second kappa shape index (κ2) is 5.68. The van der Waals surface area contributed by atoms with Crippen LogP contribution in [0.3, 0.4) is 0 Å². The molecule has 4 nitrogen and oxygen atoms in total. The van der Waals surface area contributed by atoms with Crippen LogP contribution in [0.15, 0.2) is 12.1 Å². The normalized spacial score (nSPS) is 10.6. The van der Waals surface area contributed by atoms with Crippen LogP contribution < -0.4 is 4.74 Å². The monoisotopic (exact) mass is 237 g/mol. The number of aliphatic carboxylic acids is 1. The predicted octanol–water partition coefficient (Wildman–Crippen LogP) is 1.83. The number of likely N-dealkylation sites (N-methyl/N-ethyl adjacent to an activating group) is 1. The zero-order chi connectivity index (χ0) is 13.0. The first-order valence-corrected chi connectivity index (χ1v) is 5.49. The zero-order valence-electron chi connectivity index (χ0n) is 10.8. The van der Waals surface area contributed by atoms with Crippen LogP contribution in [0.1, 0.15) is 16.7 Å². The zero-order valence-corrected chi connectivity index (χ0v) is 10.8. The van der Waals surface area contributed by atoms with Crippen molar-refractivity contribution in [2.45, 2.75) is 20.4 Å². The fourth-order valence-corrected chi connectivity index (χ4v) is 1.82. The molecule has 0 fully saturated rings. The molecule has 0 saturated heterocycles. The Morgan fingerprint density at radius 3 is 2.53 bits per heavy atom. The highest BCUT2D eigenvalue weighted by Gasteiger charge is 2.10. The van der Waals surface area contributed by atoms with Crippen LogP contribution in [-0.4, -0.2) is 36.7 Å². The topological polar surface area (TPSA) is 49.8 Å². The van der Waals surface area contributed by atoms with Crippen LogP contribution in [0.25, 0.3) is 0 Å². The maximum atomic E-state index is 10.6. The van der Waals surface area contributed by atoms with Gasteiger partial charge in [-0.15, -0.1) is 0 Å². The molecule has 94 valence electrons. The van der Waals surface area contributed by atoms with Gasteiger partial charge in [-0.3, -0.25) is 9.69 Å². The number of rotatable bonds is 5. The van der Waals surface area contributed by atoms with Crippen molar-refractivity contribution >= 4 is 5.97 Å².